The fraction of sp³-hybridized carbons (Fsp3) is 0.625. The Balaban J connectivity index is 2.27. The number of rotatable bonds is 2. The van der Waals surface area contributed by atoms with Crippen LogP contribution in [0.3, 0.4) is 0 Å². The van der Waals surface area contributed by atoms with Gasteiger partial charge in [-0.1, -0.05) is 45.0 Å². The van der Waals surface area contributed by atoms with Crippen LogP contribution in [0.25, 0.3) is 0 Å². The van der Waals surface area contributed by atoms with Crippen molar-refractivity contribution >= 4 is 0 Å². The monoisotopic (exact) mass is 246 g/mol. The van der Waals surface area contributed by atoms with Crippen LogP contribution in [-0.4, -0.2) is 18.0 Å². The first kappa shape index (κ1) is 13.6. The molecule has 2 nitrogen and oxygen atoms in total. The van der Waals surface area contributed by atoms with Crippen LogP contribution in [0.2, 0.25) is 0 Å². The van der Waals surface area contributed by atoms with E-state index in [1.54, 1.807) is 0 Å². The van der Waals surface area contributed by atoms with Gasteiger partial charge in [0.05, 0.1) is 0 Å². The first-order valence-electron chi connectivity index (χ1n) is 6.88. The topological polar surface area (TPSA) is 29.3 Å². The number of fused-ring (bicyclic) bond motifs is 1. The Kier molecular flexibility index (Phi) is 3.52. The average molecular weight is 246 g/mol. The second-order valence-corrected chi connectivity index (χ2v) is 6.69. The van der Waals surface area contributed by atoms with E-state index in [4.69, 9.17) is 5.73 Å². The molecule has 2 N–H and O–H groups in total. The predicted octanol–water partition coefficient (Wildman–Crippen LogP) is 3.50. The van der Waals surface area contributed by atoms with Gasteiger partial charge in [-0.15, -0.1) is 0 Å². The second kappa shape index (κ2) is 4.67. The Bertz CT molecular complexity index is 419. The van der Waals surface area contributed by atoms with Crippen LogP contribution in [0.4, 0.5) is 0 Å². The number of nitrogens with zero attached hydrogens (tertiary/aromatic N) is 1. The molecular formula is C16H26N2. The van der Waals surface area contributed by atoms with Crippen LogP contribution >= 0.6 is 0 Å². The second-order valence-electron chi connectivity index (χ2n) is 6.69. The molecule has 0 spiro atoms. The number of hydrogen-bond acceptors (Lipinski definition) is 2. The van der Waals surface area contributed by atoms with Crippen molar-refractivity contribution in [2.45, 2.75) is 52.2 Å². The van der Waals surface area contributed by atoms with E-state index in [2.05, 4.69) is 63.9 Å². The molecule has 18 heavy (non-hydrogen) atoms. The minimum atomic E-state index is 0.195. The van der Waals surface area contributed by atoms with Crippen molar-refractivity contribution in [2.75, 3.05) is 7.05 Å². The molecule has 100 valence electrons. The van der Waals surface area contributed by atoms with Gasteiger partial charge >= 0.3 is 0 Å². The summed E-state index contributed by atoms with van der Waals surface area (Å²) in [6.45, 7) is 9.21. The summed E-state index contributed by atoms with van der Waals surface area (Å²) in [6, 6.07) is 9.81. The highest BCUT2D eigenvalue weighted by molar-refractivity contribution is 5.37. The third kappa shape index (κ3) is 2.32. The zero-order chi connectivity index (χ0) is 13.5. The summed E-state index contributed by atoms with van der Waals surface area (Å²) in [4.78, 5) is 2.49. The molecule has 1 aromatic carbocycles. The van der Waals surface area contributed by atoms with E-state index in [1.807, 2.05) is 0 Å². The number of benzene rings is 1. The predicted molar refractivity (Wildman–Crippen MR) is 77.4 cm³/mol. The Morgan fingerprint density at radius 3 is 2.33 bits per heavy atom. The molecule has 0 aliphatic heterocycles. The summed E-state index contributed by atoms with van der Waals surface area (Å²) < 4.78 is 0. The van der Waals surface area contributed by atoms with Crippen molar-refractivity contribution in [1.29, 1.82) is 0 Å². The molecule has 1 aromatic rings. The van der Waals surface area contributed by atoms with Crippen LogP contribution in [0, 0.1) is 5.41 Å². The molecule has 0 saturated heterocycles. The van der Waals surface area contributed by atoms with E-state index in [1.165, 1.54) is 11.1 Å². The fourth-order valence-corrected chi connectivity index (χ4v) is 2.91. The summed E-state index contributed by atoms with van der Waals surface area (Å²) in [5.41, 5.74) is 9.29. The van der Waals surface area contributed by atoms with Gasteiger partial charge in [0.2, 0.25) is 0 Å². The van der Waals surface area contributed by atoms with Gasteiger partial charge in [0.15, 0.2) is 0 Å². The highest BCUT2D eigenvalue weighted by Crippen LogP contribution is 2.42. The molecular weight excluding hydrogens is 220 g/mol. The zero-order valence-corrected chi connectivity index (χ0v) is 12.3. The van der Waals surface area contributed by atoms with E-state index >= 15 is 0 Å². The summed E-state index contributed by atoms with van der Waals surface area (Å²) in [7, 11) is 2.23. The van der Waals surface area contributed by atoms with Gasteiger partial charge in [-0.3, -0.25) is 4.90 Å². The lowest BCUT2D eigenvalue weighted by molar-refractivity contribution is 0.0950. The molecule has 0 fully saturated rings. The van der Waals surface area contributed by atoms with Gasteiger partial charge < -0.3 is 5.73 Å². The molecule has 0 heterocycles. The third-order valence-corrected chi connectivity index (χ3v) is 4.59. The minimum Gasteiger partial charge on any atom is -0.324 e. The van der Waals surface area contributed by atoms with Gasteiger partial charge in [0.25, 0.3) is 0 Å². The smallest absolute Gasteiger partial charge is 0.0369 e. The van der Waals surface area contributed by atoms with Crippen LogP contribution in [0.15, 0.2) is 24.3 Å². The zero-order valence-electron chi connectivity index (χ0n) is 12.3. The van der Waals surface area contributed by atoms with E-state index in [-0.39, 0.29) is 11.5 Å². The van der Waals surface area contributed by atoms with E-state index in [0.29, 0.717) is 12.1 Å². The number of nitrogens with two attached hydrogens (primary N) is 1. The molecule has 3 unspecified atom stereocenters. The average Bonchev–Trinajstić information content (AvgIpc) is 2.65. The van der Waals surface area contributed by atoms with Crippen LogP contribution in [-0.2, 0) is 0 Å². The summed E-state index contributed by atoms with van der Waals surface area (Å²) in [5, 5.41) is 0. The van der Waals surface area contributed by atoms with Gasteiger partial charge in [-0.25, -0.2) is 0 Å². The lowest BCUT2D eigenvalue weighted by atomic mass is 9.86. The minimum absolute atomic E-state index is 0.195. The quantitative estimate of drug-likeness (QED) is 0.865. The van der Waals surface area contributed by atoms with Crippen molar-refractivity contribution in [3.05, 3.63) is 35.4 Å². The first-order chi connectivity index (χ1) is 8.32. The molecule has 2 rings (SSSR count). The van der Waals surface area contributed by atoms with Crippen molar-refractivity contribution in [3.8, 4) is 0 Å². The van der Waals surface area contributed by atoms with Crippen molar-refractivity contribution in [1.82, 2.24) is 4.90 Å². The molecule has 1 aliphatic rings. The van der Waals surface area contributed by atoms with Crippen LogP contribution in [0.1, 0.15) is 57.3 Å². The largest absolute Gasteiger partial charge is 0.324 e. The highest BCUT2D eigenvalue weighted by Gasteiger charge is 2.35. The van der Waals surface area contributed by atoms with E-state index in [9.17, 15) is 0 Å². The molecule has 0 aromatic heterocycles. The SMILES string of the molecule is CC(N(C)C1CC(N)c2ccccc21)C(C)(C)C. The first-order valence-corrected chi connectivity index (χ1v) is 6.88. The van der Waals surface area contributed by atoms with Gasteiger partial charge in [-0.2, -0.15) is 0 Å². The van der Waals surface area contributed by atoms with Gasteiger partial charge in [0.1, 0.15) is 0 Å². The van der Waals surface area contributed by atoms with Crippen LogP contribution in [0.5, 0.6) is 0 Å². The molecule has 0 bridgehead atoms. The molecule has 2 heteroatoms. The molecule has 3 atom stereocenters. The summed E-state index contributed by atoms with van der Waals surface area (Å²) in [5.74, 6) is 0. The van der Waals surface area contributed by atoms with Crippen molar-refractivity contribution in [3.63, 3.8) is 0 Å². The Morgan fingerprint density at radius 2 is 1.78 bits per heavy atom. The molecule has 1 aliphatic carbocycles. The highest BCUT2D eigenvalue weighted by atomic mass is 15.2. The van der Waals surface area contributed by atoms with Crippen molar-refractivity contribution < 1.29 is 0 Å². The Morgan fingerprint density at radius 1 is 1.22 bits per heavy atom. The Labute approximate surface area is 111 Å². The van der Waals surface area contributed by atoms with E-state index in [0.717, 1.165) is 6.42 Å². The van der Waals surface area contributed by atoms with E-state index < -0.39 is 0 Å². The Hall–Kier alpha value is -0.860. The number of hydrogen-bond donors (Lipinski definition) is 1. The fourth-order valence-electron chi connectivity index (χ4n) is 2.91. The lowest BCUT2D eigenvalue weighted by Gasteiger charge is -2.39. The summed E-state index contributed by atoms with van der Waals surface area (Å²) in [6.07, 6.45) is 1.04. The molecule has 0 amide bonds. The standard InChI is InChI=1S/C16H26N2/c1-11(16(2,3)4)18(5)15-10-14(17)12-8-6-7-9-13(12)15/h6-9,11,14-15H,10,17H2,1-5H3. The molecule has 0 saturated carbocycles. The van der Waals surface area contributed by atoms with Gasteiger partial charge in [-0.05, 0) is 36.9 Å². The van der Waals surface area contributed by atoms with Crippen molar-refractivity contribution in [2.24, 2.45) is 11.1 Å². The third-order valence-electron chi connectivity index (χ3n) is 4.59. The molecule has 0 radical (unpaired) electrons. The maximum Gasteiger partial charge on any atom is 0.0369 e. The maximum absolute atomic E-state index is 6.26. The van der Waals surface area contributed by atoms with Crippen LogP contribution < -0.4 is 5.73 Å². The lowest BCUT2D eigenvalue weighted by Crippen LogP contribution is -2.41. The normalized spacial score (nSPS) is 25.3. The maximum atomic E-state index is 6.26. The summed E-state index contributed by atoms with van der Waals surface area (Å²) >= 11 is 0. The van der Waals surface area contributed by atoms with Gasteiger partial charge in [0, 0.05) is 18.1 Å².